The Morgan fingerprint density at radius 3 is 2.76 bits per heavy atom. The zero-order chi connectivity index (χ0) is 15.2. The standard InChI is InChI=1S/C14H17N5OS/c1-10-7-11(2)17-14(16-10)21-9-13(20)18-15-8-12-5-4-6-19(12)3/h4-8H,9H2,1-3H3,(H,18,20)/b15-8-. The number of nitrogens with one attached hydrogen (secondary N) is 1. The SMILES string of the molecule is Cc1cc(C)nc(SCC(=O)N/N=C\c2cccn2C)n1. The average Bonchev–Trinajstić information content (AvgIpc) is 2.81. The van der Waals surface area contributed by atoms with E-state index in [1.54, 1.807) is 6.21 Å². The topological polar surface area (TPSA) is 72.2 Å². The van der Waals surface area contributed by atoms with Gasteiger partial charge in [-0.15, -0.1) is 0 Å². The molecule has 2 aromatic rings. The first-order valence-electron chi connectivity index (χ1n) is 6.43. The molecule has 21 heavy (non-hydrogen) atoms. The Hall–Kier alpha value is -2.15. The summed E-state index contributed by atoms with van der Waals surface area (Å²) in [5.41, 5.74) is 5.20. The molecule has 0 spiro atoms. The summed E-state index contributed by atoms with van der Waals surface area (Å²) in [5.74, 6) is 0.0427. The van der Waals surface area contributed by atoms with Crippen molar-refractivity contribution in [2.24, 2.45) is 12.1 Å². The van der Waals surface area contributed by atoms with Crippen LogP contribution < -0.4 is 5.43 Å². The van der Waals surface area contributed by atoms with Crippen LogP contribution in [0.15, 0.2) is 34.7 Å². The molecule has 0 saturated heterocycles. The molecule has 0 aliphatic rings. The summed E-state index contributed by atoms with van der Waals surface area (Å²) < 4.78 is 1.91. The van der Waals surface area contributed by atoms with Crippen LogP contribution in [0.5, 0.6) is 0 Å². The van der Waals surface area contributed by atoms with Crippen molar-refractivity contribution in [3.8, 4) is 0 Å². The van der Waals surface area contributed by atoms with Gasteiger partial charge in [0.15, 0.2) is 5.16 Å². The van der Waals surface area contributed by atoms with E-state index in [-0.39, 0.29) is 11.7 Å². The lowest BCUT2D eigenvalue weighted by Gasteiger charge is -2.02. The van der Waals surface area contributed by atoms with E-state index in [4.69, 9.17) is 0 Å². The van der Waals surface area contributed by atoms with Gasteiger partial charge in [-0.2, -0.15) is 5.10 Å². The molecule has 110 valence electrons. The van der Waals surface area contributed by atoms with E-state index in [1.807, 2.05) is 49.9 Å². The Morgan fingerprint density at radius 2 is 2.14 bits per heavy atom. The van der Waals surface area contributed by atoms with Gasteiger partial charge >= 0.3 is 0 Å². The fourth-order valence-electron chi connectivity index (χ4n) is 1.70. The Morgan fingerprint density at radius 1 is 1.43 bits per heavy atom. The molecule has 0 aromatic carbocycles. The zero-order valence-corrected chi connectivity index (χ0v) is 13.0. The fraction of sp³-hybridized carbons (Fsp3) is 0.286. The van der Waals surface area contributed by atoms with Gasteiger partial charge in [-0.1, -0.05) is 11.8 Å². The van der Waals surface area contributed by atoms with Crippen molar-refractivity contribution < 1.29 is 4.79 Å². The second-order valence-corrected chi connectivity index (χ2v) is 5.50. The van der Waals surface area contributed by atoms with E-state index in [0.29, 0.717) is 5.16 Å². The fourth-order valence-corrected chi connectivity index (χ4v) is 2.44. The smallest absolute Gasteiger partial charge is 0.250 e. The molecule has 7 heteroatoms. The quantitative estimate of drug-likeness (QED) is 0.395. The molecule has 0 radical (unpaired) electrons. The van der Waals surface area contributed by atoms with E-state index < -0.39 is 0 Å². The van der Waals surface area contributed by atoms with Crippen molar-refractivity contribution >= 4 is 23.9 Å². The monoisotopic (exact) mass is 303 g/mol. The van der Waals surface area contributed by atoms with Crippen molar-refractivity contribution in [3.63, 3.8) is 0 Å². The molecule has 1 N–H and O–H groups in total. The third kappa shape index (κ3) is 4.71. The highest BCUT2D eigenvalue weighted by Gasteiger charge is 2.05. The zero-order valence-electron chi connectivity index (χ0n) is 12.2. The average molecular weight is 303 g/mol. The Labute approximate surface area is 127 Å². The van der Waals surface area contributed by atoms with Gasteiger partial charge in [0, 0.05) is 24.6 Å². The van der Waals surface area contributed by atoms with Crippen LogP contribution in [-0.2, 0) is 11.8 Å². The maximum atomic E-state index is 11.7. The number of aryl methyl sites for hydroxylation is 3. The molecule has 2 aromatic heterocycles. The number of hydrogen-bond donors (Lipinski definition) is 1. The summed E-state index contributed by atoms with van der Waals surface area (Å²) in [6, 6.07) is 5.72. The minimum Gasteiger partial charge on any atom is -0.350 e. The van der Waals surface area contributed by atoms with Crippen LogP contribution >= 0.6 is 11.8 Å². The number of carbonyl (C=O) groups is 1. The van der Waals surface area contributed by atoms with Crippen molar-refractivity contribution in [1.82, 2.24) is 20.0 Å². The number of hydrazone groups is 1. The highest BCUT2D eigenvalue weighted by molar-refractivity contribution is 7.99. The molecule has 2 heterocycles. The second-order valence-electron chi connectivity index (χ2n) is 4.56. The number of thioether (sulfide) groups is 1. The molecule has 0 aliphatic heterocycles. The normalized spacial score (nSPS) is 11.0. The predicted molar refractivity (Wildman–Crippen MR) is 83.4 cm³/mol. The lowest BCUT2D eigenvalue weighted by Crippen LogP contribution is -2.20. The van der Waals surface area contributed by atoms with Gasteiger partial charge in [0.25, 0.3) is 5.91 Å². The van der Waals surface area contributed by atoms with E-state index in [1.165, 1.54) is 11.8 Å². The van der Waals surface area contributed by atoms with Crippen molar-refractivity contribution in [2.75, 3.05) is 5.75 Å². The minimum atomic E-state index is -0.187. The number of rotatable bonds is 5. The van der Waals surface area contributed by atoms with Gasteiger partial charge in [-0.05, 0) is 32.0 Å². The molecule has 0 bridgehead atoms. The van der Waals surface area contributed by atoms with E-state index >= 15 is 0 Å². The summed E-state index contributed by atoms with van der Waals surface area (Å²) >= 11 is 1.29. The van der Waals surface area contributed by atoms with E-state index in [0.717, 1.165) is 17.1 Å². The number of carbonyl (C=O) groups excluding carboxylic acids is 1. The van der Waals surface area contributed by atoms with Gasteiger partial charge in [-0.25, -0.2) is 15.4 Å². The Balaban J connectivity index is 1.82. The molecule has 1 amide bonds. The third-order valence-corrected chi connectivity index (χ3v) is 3.51. The van der Waals surface area contributed by atoms with E-state index in [2.05, 4.69) is 20.5 Å². The molecule has 2 rings (SSSR count). The summed E-state index contributed by atoms with van der Waals surface area (Å²) in [4.78, 5) is 20.2. The van der Waals surface area contributed by atoms with Crippen LogP contribution in [0.2, 0.25) is 0 Å². The number of aromatic nitrogens is 3. The first-order valence-corrected chi connectivity index (χ1v) is 7.41. The predicted octanol–water partition coefficient (Wildman–Crippen LogP) is 1.67. The summed E-state index contributed by atoms with van der Waals surface area (Å²) in [7, 11) is 1.91. The first kappa shape index (κ1) is 15.2. The lowest BCUT2D eigenvalue weighted by atomic mass is 10.4. The van der Waals surface area contributed by atoms with Gasteiger partial charge in [0.05, 0.1) is 17.7 Å². The van der Waals surface area contributed by atoms with E-state index in [9.17, 15) is 4.79 Å². The molecular formula is C14H17N5OS. The maximum absolute atomic E-state index is 11.7. The Bertz CT molecular complexity index is 645. The van der Waals surface area contributed by atoms with Crippen LogP contribution in [0.3, 0.4) is 0 Å². The van der Waals surface area contributed by atoms with Crippen molar-refractivity contribution in [1.29, 1.82) is 0 Å². The Kier molecular flexibility index (Phi) is 5.10. The molecule has 0 unspecified atom stereocenters. The second kappa shape index (κ2) is 7.03. The molecule has 0 saturated carbocycles. The number of hydrogen-bond acceptors (Lipinski definition) is 5. The van der Waals surface area contributed by atoms with Gasteiger partial charge in [0.2, 0.25) is 0 Å². The third-order valence-electron chi connectivity index (χ3n) is 2.66. The highest BCUT2D eigenvalue weighted by atomic mass is 32.2. The van der Waals surface area contributed by atoms with Gasteiger partial charge in [-0.3, -0.25) is 4.79 Å². The highest BCUT2D eigenvalue weighted by Crippen LogP contribution is 2.13. The van der Waals surface area contributed by atoms with Gasteiger partial charge < -0.3 is 4.57 Å². The van der Waals surface area contributed by atoms with Crippen LogP contribution in [0.4, 0.5) is 0 Å². The van der Waals surface area contributed by atoms with Crippen LogP contribution in [0.1, 0.15) is 17.1 Å². The molecular weight excluding hydrogens is 286 g/mol. The molecule has 0 atom stereocenters. The largest absolute Gasteiger partial charge is 0.350 e. The van der Waals surface area contributed by atoms with Crippen LogP contribution in [0.25, 0.3) is 0 Å². The molecule has 0 aliphatic carbocycles. The number of amides is 1. The van der Waals surface area contributed by atoms with Crippen LogP contribution in [-0.4, -0.2) is 32.4 Å². The summed E-state index contributed by atoms with van der Waals surface area (Å²) in [5, 5.41) is 4.53. The number of nitrogens with zero attached hydrogens (tertiary/aromatic N) is 4. The summed E-state index contributed by atoms with van der Waals surface area (Å²) in [6.07, 6.45) is 3.52. The van der Waals surface area contributed by atoms with Crippen molar-refractivity contribution in [3.05, 3.63) is 41.5 Å². The lowest BCUT2D eigenvalue weighted by molar-refractivity contribution is -0.118. The van der Waals surface area contributed by atoms with Crippen LogP contribution in [0, 0.1) is 13.8 Å². The van der Waals surface area contributed by atoms with Crippen molar-refractivity contribution in [2.45, 2.75) is 19.0 Å². The summed E-state index contributed by atoms with van der Waals surface area (Å²) in [6.45, 7) is 3.81. The van der Waals surface area contributed by atoms with Gasteiger partial charge in [0.1, 0.15) is 0 Å². The first-order chi connectivity index (χ1) is 10.0. The molecule has 6 nitrogen and oxygen atoms in total. The molecule has 0 fully saturated rings. The minimum absolute atomic E-state index is 0.187. The maximum Gasteiger partial charge on any atom is 0.250 e.